The molecule has 3 heterocycles. The molecule has 0 atom stereocenters. The fraction of sp³-hybridized carbons (Fsp3) is 0.235. The zero-order valence-electron chi connectivity index (χ0n) is 24.7. The van der Waals surface area contributed by atoms with Crippen LogP contribution >= 0.6 is 0 Å². The third-order valence-corrected chi connectivity index (χ3v) is 7.37. The Hall–Kier alpha value is -5.25. The van der Waals surface area contributed by atoms with E-state index in [-0.39, 0.29) is 29.8 Å². The molecule has 9 nitrogen and oxygen atoms in total. The number of nitrogens with zero attached hydrogens (tertiary/aromatic N) is 3. The molecule has 1 saturated carbocycles. The third kappa shape index (κ3) is 6.39. The van der Waals surface area contributed by atoms with Crippen molar-refractivity contribution in [1.82, 2.24) is 20.3 Å². The van der Waals surface area contributed by atoms with Crippen molar-refractivity contribution in [3.05, 3.63) is 102 Å². The minimum atomic E-state index is -0.371. The molecule has 1 aliphatic carbocycles. The van der Waals surface area contributed by atoms with Gasteiger partial charge in [0.15, 0.2) is 0 Å². The Morgan fingerprint density at radius 1 is 1.09 bits per heavy atom. The van der Waals surface area contributed by atoms with Crippen molar-refractivity contribution < 1.29 is 18.7 Å². The molecule has 0 bridgehead atoms. The van der Waals surface area contributed by atoms with Crippen LogP contribution in [0, 0.1) is 5.82 Å². The molecule has 0 unspecified atom stereocenters. The number of halogens is 1. The SMILES string of the molecule is CC(C)Oc1cc(CNc2ncccc2C(=O)N(C)c2ccc(F)cc2)cc(-c2c[nH]c3ncc(C(=O)NC4CC4)cc23)c1. The summed E-state index contributed by atoms with van der Waals surface area (Å²) in [4.78, 5) is 39.7. The first-order chi connectivity index (χ1) is 21.2. The first-order valence-corrected chi connectivity index (χ1v) is 14.6. The van der Waals surface area contributed by atoms with Crippen molar-refractivity contribution >= 4 is 34.4 Å². The molecule has 0 radical (unpaired) electrons. The first kappa shape index (κ1) is 28.9. The molecule has 10 heteroatoms. The number of amides is 2. The van der Waals surface area contributed by atoms with Gasteiger partial charge in [-0.05, 0) is 98.5 Å². The van der Waals surface area contributed by atoms with Crippen molar-refractivity contribution in [2.75, 3.05) is 17.3 Å². The predicted molar refractivity (Wildman–Crippen MR) is 168 cm³/mol. The molecule has 6 rings (SSSR count). The van der Waals surface area contributed by atoms with Crippen LogP contribution < -0.4 is 20.3 Å². The normalized spacial score (nSPS) is 12.8. The lowest BCUT2D eigenvalue weighted by atomic mass is 10.0. The molecule has 44 heavy (non-hydrogen) atoms. The maximum Gasteiger partial charge on any atom is 0.261 e. The summed E-state index contributed by atoms with van der Waals surface area (Å²) in [6.45, 7) is 4.29. The predicted octanol–water partition coefficient (Wildman–Crippen LogP) is 6.33. The second kappa shape index (κ2) is 12.2. The summed E-state index contributed by atoms with van der Waals surface area (Å²) in [7, 11) is 1.64. The maximum absolute atomic E-state index is 13.4. The molecule has 1 aliphatic rings. The van der Waals surface area contributed by atoms with Crippen LogP contribution in [0.1, 0.15) is 53.0 Å². The van der Waals surface area contributed by atoms with Gasteiger partial charge in [0.2, 0.25) is 0 Å². The van der Waals surface area contributed by atoms with Crippen molar-refractivity contribution in [2.45, 2.75) is 45.4 Å². The number of hydrogen-bond acceptors (Lipinski definition) is 6. The van der Waals surface area contributed by atoms with Crippen LogP contribution in [-0.4, -0.2) is 46.0 Å². The summed E-state index contributed by atoms with van der Waals surface area (Å²) in [5.41, 5.74) is 4.82. The maximum atomic E-state index is 13.4. The van der Waals surface area contributed by atoms with E-state index < -0.39 is 0 Å². The lowest BCUT2D eigenvalue weighted by Gasteiger charge is -2.19. The highest BCUT2D eigenvalue weighted by atomic mass is 19.1. The second-order valence-corrected chi connectivity index (χ2v) is 11.2. The number of carbonyl (C=O) groups excluding carboxylic acids is 2. The largest absolute Gasteiger partial charge is 0.491 e. The first-order valence-electron chi connectivity index (χ1n) is 14.6. The number of rotatable bonds is 10. The summed E-state index contributed by atoms with van der Waals surface area (Å²) < 4.78 is 19.5. The smallest absolute Gasteiger partial charge is 0.261 e. The summed E-state index contributed by atoms with van der Waals surface area (Å²) in [5.74, 6) is 0.336. The summed E-state index contributed by atoms with van der Waals surface area (Å²) >= 11 is 0. The topological polar surface area (TPSA) is 112 Å². The van der Waals surface area contributed by atoms with Crippen molar-refractivity contribution in [1.29, 1.82) is 0 Å². The van der Waals surface area contributed by atoms with E-state index >= 15 is 0 Å². The van der Waals surface area contributed by atoms with Gasteiger partial charge in [-0.3, -0.25) is 9.59 Å². The number of aromatic amines is 1. The molecule has 3 aromatic heterocycles. The second-order valence-electron chi connectivity index (χ2n) is 11.2. The van der Waals surface area contributed by atoms with Gasteiger partial charge in [0.25, 0.3) is 11.8 Å². The molecule has 0 saturated heterocycles. The average molecular weight is 593 g/mol. The number of H-pyrrole nitrogens is 1. The summed E-state index contributed by atoms with van der Waals surface area (Å²) in [6.07, 6.45) is 7.07. The van der Waals surface area contributed by atoms with E-state index in [1.54, 1.807) is 43.7 Å². The van der Waals surface area contributed by atoms with Crippen LogP contribution in [-0.2, 0) is 6.54 Å². The lowest BCUT2D eigenvalue weighted by Crippen LogP contribution is -2.27. The van der Waals surface area contributed by atoms with Gasteiger partial charge in [0, 0.05) is 54.9 Å². The Morgan fingerprint density at radius 3 is 2.64 bits per heavy atom. The minimum absolute atomic E-state index is 0.0459. The number of carbonyl (C=O) groups is 2. The molecule has 1 fully saturated rings. The van der Waals surface area contributed by atoms with E-state index in [0.29, 0.717) is 40.6 Å². The third-order valence-electron chi connectivity index (χ3n) is 7.37. The molecule has 0 spiro atoms. The van der Waals surface area contributed by atoms with E-state index in [9.17, 15) is 14.0 Å². The quantitative estimate of drug-likeness (QED) is 0.175. The monoisotopic (exact) mass is 592 g/mol. The van der Waals surface area contributed by atoms with Crippen LogP contribution in [0.4, 0.5) is 15.9 Å². The number of benzene rings is 2. The number of aromatic nitrogens is 3. The fourth-order valence-corrected chi connectivity index (χ4v) is 4.99. The molecular weight excluding hydrogens is 559 g/mol. The van der Waals surface area contributed by atoms with Crippen LogP contribution in [0.2, 0.25) is 0 Å². The van der Waals surface area contributed by atoms with Crippen molar-refractivity contribution in [3.8, 4) is 16.9 Å². The summed E-state index contributed by atoms with van der Waals surface area (Å²) in [5, 5.41) is 7.17. The number of hydrogen-bond donors (Lipinski definition) is 3. The Kier molecular flexibility index (Phi) is 7.97. The molecule has 5 aromatic rings. The Bertz CT molecular complexity index is 1830. The van der Waals surface area contributed by atoms with Gasteiger partial charge in [-0.2, -0.15) is 0 Å². The van der Waals surface area contributed by atoms with Gasteiger partial charge in [0.05, 0.1) is 17.2 Å². The number of pyridine rings is 2. The summed E-state index contributed by atoms with van der Waals surface area (Å²) in [6, 6.07) is 17.2. The number of fused-ring (bicyclic) bond motifs is 1. The molecule has 2 aromatic carbocycles. The van der Waals surface area contributed by atoms with Gasteiger partial charge in [-0.15, -0.1) is 0 Å². The average Bonchev–Trinajstić information content (AvgIpc) is 3.73. The Morgan fingerprint density at radius 2 is 1.89 bits per heavy atom. The van der Waals surface area contributed by atoms with E-state index in [0.717, 1.165) is 34.9 Å². The van der Waals surface area contributed by atoms with Gasteiger partial charge >= 0.3 is 0 Å². The highest BCUT2D eigenvalue weighted by molar-refractivity contribution is 6.08. The highest BCUT2D eigenvalue weighted by Gasteiger charge is 2.24. The molecule has 3 N–H and O–H groups in total. The van der Waals surface area contributed by atoms with Gasteiger partial charge < -0.3 is 25.3 Å². The van der Waals surface area contributed by atoms with E-state index in [1.807, 2.05) is 44.3 Å². The van der Waals surface area contributed by atoms with E-state index in [2.05, 4.69) is 25.6 Å². The van der Waals surface area contributed by atoms with Gasteiger partial charge in [0.1, 0.15) is 23.0 Å². The standard InChI is InChI=1S/C34H33FN6O3/c1-20(2)44-27-14-21(17-37-31-28(5-4-12-36-31)34(43)41(3)26-10-6-24(35)7-11-26)13-22(15-27)30-19-39-32-29(30)16-23(18-38-32)33(42)40-25-8-9-25/h4-7,10-16,18-20,25H,8-9,17H2,1-3H3,(H,36,37)(H,38,39)(H,40,42). The molecular formula is C34H33FN6O3. The number of nitrogens with one attached hydrogen (secondary N) is 3. The van der Waals surface area contributed by atoms with E-state index in [1.165, 1.54) is 17.0 Å². The fourth-order valence-electron chi connectivity index (χ4n) is 4.99. The molecule has 0 aliphatic heterocycles. The Balaban J connectivity index is 1.28. The Labute approximate surface area is 254 Å². The van der Waals surface area contributed by atoms with Crippen LogP contribution in [0.5, 0.6) is 5.75 Å². The van der Waals surface area contributed by atoms with Gasteiger partial charge in [-0.25, -0.2) is 14.4 Å². The van der Waals surface area contributed by atoms with Crippen LogP contribution in [0.15, 0.2) is 79.3 Å². The highest BCUT2D eigenvalue weighted by Crippen LogP contribution is 2.33. The molecule has 2 amide bonds. The van der Waals surface area contributed by atoms with Gasteiger partial charge in [-0.1, -0.05) is 0 Å². The number of anilines is 2. The van der Waals surface area contributed by atoms with E-state index in [4.69, 9.17) is 4.74 Å². The minimum Gasteiger partial charge on any atom is -0.491 e. The van der Waals surface area contributed by atoms with Crippen LogP contribution in [0.25, 0.3) is 22.2 Å². The van der Waals surface area contributed by atoms with Crippen LogP contribution in [0.3, 0.4) is 0 Å². The lowest BCUT2D eigenvalue weighted by molar-refractivity contribution is 0.0949. The van der Waals surface area contributed by atoms with Crippen molar-refractivity contribution in [3.63, 3.8) is 0 Å². The zero-order chi connectivity index (χ0) is 30.8. The zero-order valence-corrected chi connectivity index (χ0v) is 24.7. The number of ether oxygens (including phenoxy) is 1. The molecule has 224 valence electrons. The van der Waals surface area contributed by atoms with Crippen molar-refractivity contribution in [2.24, 2.45) is 0 Å².